The summed E-state index contributed by atoms with van der Waals surface area (Å²) in [5, 5.41) is 13.0. The molecular formula is C14H17BrClNO3. The van der Waals surface area contributed by atoms with Gasteiger partial charge in [0.1, 0.15) is 0 Å². The van der Waals surface area contributed by atoms with Crippen LogP contribution in [-0.2, 0) is 4.74 Å². The Morgan fingerprint density at radius 2 is 2.10 bits per heavy atom. The molecule has 2 rings (SSSR count). The summed E-state index contributed by atoms with van der Waals surface area (Å²) in [5.74, 6) is -0.187. The van der Waals surface area contributed by atoms with E-state index in [2.05, 4.69) is 21.2 Å². The van der Waals surface area contributed by atoms with Gasteiger partial charge >= 0.3 is 0 Å². The van der Waals surface area contributed by atoms with Crippen LogP contribution in [0.5, 0.6) is 0 Å². The number of aliphatic hydroxyl groups is 1. The van der Waals surface area contributed by atoms with Gasteiger partial charge in [-0.3, -0.25) is 4.79 Å². The first-order valence-corrected chi connectivity index (χ1v) is 7.65. The van der Waals surface area contributed by atoms with Crippen LogP contribution in [0.25, 0.3) is 0 Å². The third-order valence-electron chi connectivity index (χ3n) is 3.64. The van der Waals surface area contributed by atoms with Crippen LogP contribution in [0.4, 0.5) is 0 Å². The minimum Gasteiger partial charge on any atom is -0.396 e. The van der Waals surface area contributed by atoms with Gasteiger partial charge in [0.05, 0.1) is 6.61 Å². The number of aliphatic hydroxyl groups excluding tert-OH is 1. The second-order valence-electron chi connectivity index (χ2n) is 5.11. The maximum atomic E-state index is 12.1. The number of carbonyl (C=O) groups excluding carboxylic acids is 1. The number of benzene rings is 1. The number of hydrogen-bond donors (Lipinski definition) is 2. The van der Waals surface area contributed by atoms with E-state index in [0.717, 1.165) is 17.3 Å². The molecule has 4 nitrogen and oxygen atoms in total. The normalized spacial score (nSPS) is 17.8. The van der Waals surface area contributed by atoms with Crippen LogP contribution in [0.15, 0.2) is 22.7 Å². The zero-order valence-electron chi connectivity index (χ0n) is 11.0. The van der Waals surface area contributed by atoms with Crippen molar-refractivity contribution in [3.05, 3.63) is 33.3 Å². The molecule has 1 amide bonds. The lowest BCUT2D eigenvalue weighted by Gasteiger charge is -2.35. The molecule has 1 fully saturated rings. The summed E-state index contributed by atoms with van der Waals surface area (Å²) >= 11 is 9.24. The fourth-order valence-corrected chi connectivity index (χ4v) is 3.11. The zero-order chi connectivity index (χ0) is 14.6. The quantitative estimate of drug-likeness (QED) is 0.865. The van der Waals surface area contributed by atoms with Gasteiger partial charge < -0.3 is 15.2 Å². The molecule has 0 bridgehead atoms. The molecule has 2 N–H and O–H groups in total. The van der Waals surface area contributed by atoms with E-state index in [4.69, 9.17) is 16.3 Å². The largest absolute Gasteiger partial charge is 0.396 e. The molecule has 1 saturated heterocycles. The summed E-state index contributed by atoms with van der Waals surface area (Å²) in [6, 6.07) is 5.07. The van der Waals surface area contributed by atoms with Gasteiger partial charge in [0.2, 0.25) is 0 Å². The molecule has 1 heterocycles. The van der Waals surface area contributed by atoms with Gasteiger partial charge in [0.25, 0.3) is 5.91 Å². The van der Waals surface area contributed by atoms with Crippen LogP contribution in [0.2, 0.25) is 5.02 Å². The number of carbonyl (C=O) groups is 1. The van der Waals surface area contributed by atoms with E-state index >= 15 is 0 Å². The Morgan fingerprint density at radius 3 is 2.70 bits per heavy atom. The van der Waals surface area contributed by atoms with Crippen molar-refractivity contribution in [2.24, 2.45) is 5.41 Å². The number of halogens is 2. The molecule has 110 valence electrons. The Labute approximate surface area is 131 Å². The average molecular weight is 363 g/mol. The lowest BCUT2D eigenvalue weighted by atomic mass is 9.81. The molecule has 1 aromatic rings. The molecule has 0 radical (unpaired) electrons. The maximum Gasteiger partial charge on any atom is 0.251 e. The summed E-state index contributed by atoms with van der Waals surface area (Å²) < 4.78 is 6.06. The molecule has 0 spiro atoms. The lowest BCUT2D eigenvalue weighted by Crippen LogP contribution is -2.43. The fraction of sp³-hybridized carbons (Fsp3) is 0.500. The van der Waals surface area contributed by atoms with Crippen LogP contribution >= 0.6 is 27.5 Å². The minimum absolute atomic E-state index is 0.0515. The van der Waals surface area contributed by atoms with Gasteiger partial charge in [-0.15, -0.1) is 0 Å². The van der Waals surface area contributed by atoms with Crippen LogP contribution in [-0.4, -0.2) is 37.4 Å². The van der Waals surface area contributed by atoms with Gasteiger partial charge in [0, 0.05) is 40.2 Å². The van der Waals surface area contributed by atoms with Crippen LogP contribution in [0.1, 0.15) is 23.2 Å². The van der Waals surface area contributed by atoms with Crippen molar-refractivity contribution in [1.82, 2.24) is 5.32 Å². The van der Waals surface area contributed by atoms with Crippen LogP contribution in [0.3, 0.4) is 0 Å². The topological polar surface area (TPSA) is 58.6 Å². The number of amides is 1. The molecule has 1 aliphatic rings. The zero-order valence-corrected chi connectivity index (χ0v) is 13.3. The van der Waals surface area contributed by atoms with Crippen molar-refractivity contribution >= 4 is 33.4 Å². The average Bonchev–Trinajstić information content (AvgIpc) is 2.45. The summed E-state index contributed by atoms with van der Waals surface area (Å²) in [4.78, 5) is 12.1. The minimum atomic E-state index is -0.274. The Balaban J connectivity index is 2.00. The van der Waals surface area contributed by atoms with E-state index < -0.39 is 0 Å². The highest BCUT2D eigenvalue weighted by Crippen LogP contribution is 2.29. The Bertz CT molecular complexity index is 469. The first-order chi connectivity index (χ1) is 9.54. The van der Waals surface area contributed by atoms with Crippen molar-refractivity contribution in [2.75, 3.05) is 26.4 Å². The van der Waals surface area contributed by atoms with Gasteiger partial charge in [0.15, 0.2) is 0 Å². The molecule has 6 heteroatoms. The highest BCUT2D eigenvalue weighted by atomic mass is 79.9. The molecule has 0 unspecified atom stereocenters. The monoisotopic (exact) mass is 361 g/mol. The molecular weight excluding hydrogens is 346 g/mol. The van der Waals surface area contributed by atoms with Gasteiger partial charge in [-0.1, -0.05) is 27.5 Å². The van der Waals surface area contributed by atoms with Crippen molar-refractivity contribution < 1.29 is 14.6 Å². The first-order valence-electron chi connectivity index (χ1n) is 6.48. The molecule has 0 aromatic heterocycles. The lowest BCUT2D eigenvalue weighted by molar-refractivity contribution is -0.0146. The smallest absolute Gasteiger partial charge is 0.251 e. The number of ether oxygens (including phenoxy) is 1. The molecule has 0 atom stereocenters. The van der Waals surface area contributed by atoms with Crippen molar-refractivity contribution in [1.29, 1.82) is 0 Å². The summed E-state index contributed by atoms with van der Waals surface area (Å²) in [6.45, 7) is 1.74. The molecule has 20 heavy (non-hydrogen) atoms. The maximum absolute atomic E-state index is 12.1. The standard InChI is InChI=1S/C14H17BrClNO3/c15-11-5-10(6-12(16)7-11)13(19)17-8-14(9-18)1-3-20-4-2-14/h5-7,18H,1-4,8-9H2,(H,17,19). The van der Waals surface area contributed by atoms with Crippen molar-refractivity contribution in [2.45, 2.75) is 12.8 Å². The summed E-state index contributed by atoms with van der Waals surface area (Å²) in [7, 11) is 0. The van der Waals surface area contributed by atoms with E-state index in [1.165, 1.54) is 0 Å². The summed E-state index contributed by atoms with van der Waals surface area (Å²) in [6.07, 6.45) is 1.51. The first kappa shape index (κ1) is 15.8. The second-order valence-corrected chi connectivity index (χ2v) is 6.46. The predicted octanol–water partition coefficient (Wildman–Crippen LogP) is 2.62. The van der Waals surface area contributed by atoms with Gasteiger partial charge in [-0.25, -0.2) is 0 Å². The number of rotatable bonds is 4. The molecule has 1 aromatic carbocycles. The van der Waals surface area contributed by atoms with Crippen LogP contribution < -0.4 is 5.32 Å². The van der Waals surface area contributed by atoms with Gasteiger partial charge in [-0.2, -0.15) is 0 Å². The Morgan fingerprint density at radius 1 is 1.40 bits per heavy atom. The third-order valence-corrected chi connectivity index (χ3v) is 4.31. The SMILES string of the molecule is O=C(NCC1(CO)CCOCC1)c1cc(Cl)cc(Br)c1. The van der Waals surface area contributed by atoms with Crippen molar-refractivity contribution in [3.8, 4) is 0 Å². The highest BCUT2D eigenvalue weighted by Gasteiger charge is 2.32. The van der Waals surface area contributed by atoms with Crippen LogP contribution in [0, 0.1) is 5.41 Å². The van der Waals surface area contributed by atoms with Gasteiger partial charge in [-0.05, 0) is 31.0 Å². The summed E-state index contributed by atoms with van der Waals surface area (Å²) in [5.41, 5.74) is 0.230. The Kier molecular flexibility index (Phi) is 5.43. The van der Waals surface area contributed by atoms with E-state index in [0.29, 0.717) is 30.3 Å². The Hall–Kier alpha value is -0.620. The van der Waals surface area contributed by atoms with E-state index in [1.807, 2.05) is 0 Å². The highest BCUT2D eigenvalue weighted by molar-refractivity contribution is 9.10. The molecule has 0 saturated carbocycles. The molecule has 1 aliphatic heterocycles. The number of hydrogen-bond acceptors (Lipinski definition) is 3. The third kappa shape index (κ3) is 3.95. The second kappa shape index (κ2) is 6.89. The predicted molar refractivity (Wildman–Crippen MR) is 81.1 cm³/mol. The van der Waals surface area contributed by atoms with E-state index in [9.17, 15) is 9.90 Å². The van der Waals surface area contributed by atoms with E-state index in [1.54, 1.807) is 18.2 Å². The van der Waals surface area contributed by atoms with Crippen molar-refractivity contribution in [3.63, 3.8) is 0 Å². The van der Waals surface area contributed by atoms with E-state index in [-0.39, 0.29) is 17.9 Å². The fourth-order valence-electron chi connectivity index (χ4n) is 2.25. The number of nitrogens with one attached hydrogen (secondary N) is 1. The molecule has 0 aliphatic carbocycles.